The molecule has 1 N–H and O–H groups in total. The molecule has 0 bridgehead atoms. The molecule has 0 aliphatic heterocycles. The first-order chi connectivity index (χ1) is 10.2. The summed E-state index contributed by atoms with van der Waals surface area (Å²) < 4.78 is 0. The van der Waals surface area contributed by atoms with Gasteiger partial charge in [0, 0.05) is 5.02 Å². The van der Waals surface area contributed by atoms with E-state index in [9.17, 15) is 5.11 Å². The molecule has 2 heteroatoms. The number of benzene rings is 2. The van der Waals surface area contributed by atoms with Gasteiger partial charge in [-0.3, -0.25) is 0 Å². The fourth-order valence-corrected chi connectivity index (χ4v) is 3.77. The van der Waals surface area contributed by atoms with Crippen LogP contribution in [0.2, 0.25) is 5.02 Å². The molecule has 0 saturated heterocycles. The molecule has 1 nitrogen and oxygen atoms in total. The van der Waals surface area contributed by atoms with E-state index < -0.39 is 5.60 Å². The van der Waals surface area contributed by atoms with Crippen molar-refractivity contribution in [1.82, 2.24) is 0 Å². The molecule has 1 atom stereocenters. The van der Waals surface area contributed by atoms with Crippen LogP contribution in [0.15, 0.2) is 54.6 Å². The van der Waals surface area contributed by atoms with Crippen molar-refractivity contribution >= 4 is 11.6 Å². The van der Waals surface area contributed by atoms with Gasteiger partial charge in [0.2, 0.25) is 0 Å². The normalized spacial score (nSPS) is 19.1. The molecule has 1 unspecified atom stereocenters. The van der Waals surface area contributed by atoms with Gasteiger partial charge in [-0.2, -0.15) is 0 Å². The van der Waals surface area contributed by atoms with Gasteiger partial charge in [0.25, 0.3) is 0 Å². The van der Waals surface area contributed by atoms with Crippen LogP contribution >= 0.6 is 11.6 Å². The van der Waals surface area contributed by atoms with Crippen LogP contribution in [0.25, 0.3) is 0 Å². The summed E-state index contributed by atoms with van der Waals surface area (Å²) in [6.07, 6.45) is 5.80. The van der Waals surface area contributed by atoms with Gasteiger partial charge in [0.1, 0.15) is 5.60 Å². The predicted molar refractivity (Wildman–Crippen MR) is 87.5 cm³/mol. The zero-order valence-electron chi connectivity index (χ0n) is 12.1. The number of rotatable bonds is 3. The Bertz CT molecular complexity index is 590. The average molecular weight is 301 g/mol. The molecule has 1 fully saturated rings. The van der Waals surface area contributed by atoms with Gasteiger partial charge in [0.05, 0.1) is 0 Å². The summed E-state index contributed by atoms with van der Waals surface area (Å²) in [4.78, 5) is 0. The average Bonchev–Trinajstić information content (AvgIpc) is 2.56. The third-order valence-corrected chi connectivity index (χ3v) is 4.91. The van der Waals surface area contributed by atoms with Crippen LogP contribution < -0.4 is 0 Å². The summed E-state index contributed by atoms with van der Waals surface area (Å²) in [6.45, 7) is 0. The van der Waals surface area contributed by atoms with E-state index >= 15 is 0 Å². The zero-order chi connectivity index (χ0) is 14.7. The molecule has 1 saturated carbocycles. The minimum Gasteiger partial charge on any atom is -0.380 e. The number of hydrogen-bond acceptors (Lipinski definition) is 1. The first-order valence-electron chi connectivity index (χ1n) is 7.75. The Kier molecular flexibility index (Phi) is 4.32. The lowest BCUT2D eigenvalue weighted by Crippen LogP contribution is -2.37. The molecule has 0 spiro atoms. The van der Waals surface area contributed by atoms with Crippen molar-refractivity contribution in [3.8, 4) is 0 Å². The Morgan fingerprint density at radius 1 is 0.857 bits per heavy atom. The minimum atomic E-state index is -0.938. The highest BCUT2D eigenvalue weighted by Gasteiger charge is 2.40. The smallest absolute Gasteiger partial charge is 0.117 e. The quantitative estimate of drug-likeness (QED) is 0.830. The molecule has 2 aromatic carbocycles. The molecule has 0 aromatic heterocycles. The second-order valence-electron chi connectivity index (χ2n) is 5.98. The van der Waals surface area contributed by atoms with Crippen LogP contribution in [0.1, 0.15) is 43.2 Å². The molecule has 0 radical (unpaired) electrons. The van der Waals surface area contributed by atoms with E-state index in [4.69, 9.17) is 11.6 Å². The van der Waals surface area contributed by atoms with Crippen molar-refractivity contribution in [1.29, 1.82) is 0 Å². The third kappa shape index (κ3) is 2.86. The maximum atomic E-state index is 11.6. The summed E-state index contributed by atoms with van der Waals surface area (Å²) in [7, 11) is 0. The second-order valence-corrected chi connectivity index (χ2v) is 6.41. The van der Waals surface area contributed by atoms with Gasteiger partial charge in [-0.15, -0.1) is 0 Å². The molecule has 0 amide bonds. The lowest BCUT2D eigenvalue weighted by atomic mass is 9.70. The number of hydrogen-bond donors (Lipinski definition) is 1. The standard InChI is InChI=1S/C19H21ClO/c20-18-13-7-12-17(14-18)19(21,15-8-3-1-4-9-15)16-10-5-2-6-11-16/h1,3-4,7-9,12-14,16,21H,2,5-6,10-11H2. The van der Waals surface area contributed by atoms with Crippen molar-refractivity contribution < 1.29 is 5.11 Å². The van der Waals surface area contributed by atoms with Crippen LogP contribution in [0.3, 0.4) is 0 Å². The van der Waals surface area contributed by atoms with Gasteiger partial charge in [0.15, 0.2) is 0 Å². The maximum Gasteiger partial charge on any atom is 0.117 e. The fraction of sp³-hybridized carbons (Fsp3) is 0.368. The van der Waals surface area contributed by atoms with Crippen molar-refractivity contribution in [3.63, 3.8) is 0 Å². The summed E-state index contributed by atoms with van der Waals surface area (Å²) in [5.41, 5.74) is 0.944. The number of halogens is 1. The molecule has 21 heavy (non-hydrogen) atoms. The molecule has 3 rings (SSSR count). The highest BCUT2D eigenvalue weighted by atomic mass is 35.5. The summed E-state index contributed by atoms with van der Waals surface area (Å²) >= 11 is 6.17. The van der Waals surface area contributed by atoms with Crippen molar-refractivity contribution in [3.05, 3.63) is 70.7 Å². The van der Waals surface area contributed by atoms with Crippen LogP contribution in [-0.2, 0) is 5.60 Å². The van der Waals surface area contributed by atoms with Crippen LogP contribution in [0.4, 0.5) is 0 Å². The largest absolute Gasteiger partial charge is 0.380 e. The van der Waals surface area contributed by atoms with Gasteiger partial charge in [-0.05, 0) is 42.0 Å². The summed E-state index contributed by atoms with van der Waals surface area (Å²) in [5.74, 6) is 0.257. The molecular formula is C19H21ClO. The molecule has 110 valence electrons. The van der Waals surface area contributed by atoms with Crippen LogP contribution in [-0.4, -0.2) is 5.11 Å². The topological polar surface area (TPSA) is 20.2 Å². The van der Waals surface area contributed by atoms with Gasteiger partial charge < -0.3 is 5.11 Å². The van der Waals surface area contributed by atoms with Crippen LogP contribution in [0.5, 0.6) is 0 Å². The Morgan fingerprint density at radius 3 is 2.19 bits per heavy atom. The highest BCUT2D eigenvalue weighted by molar-refractivity contribution is 6.30. The zero-order valence-corrected chi connectivity index (χ0v) is 12.9. The Balaban J connectivity index is 2.10. The summed E-state index contributed by atoms with van der Waals surface area (Å²) in [5, 5.41) is 12.3. The molecular weight excluding hydrogens is 280 g/mol. The molecule has 0 heterocycles. The van der Waals surface area contributed by atoms with E-state index in [1.807, 2.05) is 54.6 Å². The van der Waals surface area contributed by atoms with Crippen molar-refractivity contribution in [2.45, 2.75) is 37.7 Å². The van der Waals surface area contributed by atoms with E-state index in [0.29, 0.717) is 5.02 Å². The first-order valence-corrected chi connectivity index (χ1v) is 8.13. The Hall–Kier alpha value is -1.31. The maximum absolute atomic E-state index is 11.6. The van der Waals surface area contributed by atoms with Crippen molar-refractivity contribution in [2.24, 2.45) is 5.92 Å². The Morgan fingerprint density at radius 2 is 1.52 bits per heavy atom. The highest BCUT2D eigenvalue weighted by Crippen LogP contribution is 2.44. The second kappa shape index (κ2) is 6.21. The minimum absolute atomic E-state index is 0.257. The Labute approximate surface area is 131 Å². The first kappa shape index (κ1) is 14.6. The van der Waals surface area contributed by atoms with Gasteiger partial charge >= 0.3 is 0 Å². The van der Waals surface area contributed by atoms with E-state index in [2.05, 4.69) is 0 Å². The SMILES string of the molecule is OC(c1ccccc1)(c1cccc(Cl)c1)C1CCCCC1. The van der Waals surface area contributed by atoms with Gasteiger partial charge in [-0.25, -0.2) is 0 Å². The lowest BCUT2D eigenvalue weighted by Gasteiger charge is -2.39. The predicted octanol–water partition coefficient (Wildman–Crippen LogP) is 5.16. The van der Waals surface area contributed by atoms with E-state index in [0.717, 1.165) is 24.0 Å². The van der Waals surface area contributed by atoms with E-state index in [1.165, 1.54) is 19.3 Å². The van der Waals surface area contributed by atoms with Crippen molar-refractivity contribution in [2.75, 3.05) is 0 Å². The molecule has 2 aromatic rings. The monoisotopic (exact) mass is 300 g/mol. The number of aliphatic hydroxyl groups is 1. The summed E-state index contributed by atoms with van der Waals surface area (Å²) in [6, 6.07) is 17.7. The van der Waals surface area contributed by atoms with Gasteiger partial charge in [-0.1, -0.05) is 73.3 Å². The molecule has 1 aliphatic carbocycles. The molecule has 1 aliphatic rings. The lowest BCUT2D eigenvalue weighted by molar-refractivity contribution is -0.000708. The van der Waals surface area contributed by atoms with Crippen LogP contribution in [0, 0.1) is 5.92 Å². The third-order valence-electron chi connectivity index (χ3n) is 4.67. The fourth-order valence-electron chi connectivity index (χ4n) is 3.58. The van der Waals surface area contributed by atoms with E-state index in [1.54, 1.807) is 0 Å². The van der Waals surface area contributed by atoms with E-state index in [-0.39, 0.29) is 5.92 Å².